The van der Waals surface area contributed by atoms with E-state index in [4.69, 9.17) is 9.47 Å². The molecule has 2 aliphatic rings. The molecule has 3 rings (SSSR count). The number of hydrogen-bond donors (Lipinski definition) is 0. The first-order valence-electron chi connectivity index (χ1n) is 9.21. The van der Waals surface area contributed by atoms with Crippen molar-refractivity contribution in [1.29, 1.82) is 0 Å². The van der Waals surface area contributed by atoms with Gasteiger partial charge in [-0.2, -0.15) is 0 Å². The van der Waals surface area contributed by atoms with E-state index in [9.17, 15) is 0 Å². The van der Waals surface area contributed by atoms with E-state index >= 15 is 0 Å². The molecule has 1 aromatic rings. The van der Waals surface area contributed by atoms with Crippen molar-refractivity contribution in [3.05, 3.63) is 35.4 Å². The summed E-state index contributed by atoms with van der Waals surface area (Å²) in [6, 6.07) is 8.95. The van der Waals surface area contributed by atoms with Crippen LogP contribution in [0.2, 0.25) is 0 Å². The first-order chi connectivity index (χ1) is 11.2. The Balaban J connectivity index is 1.51. The maximum Gasteiger partial charge on any atom is 0.0736 e. The van der Waals surface area contributed by atoms with Crippen LogP contribution in [-0.2, 0) is 16.0 Å². The van der Waals surface area contributed by atoms with Crippen molar-refractivity contribution in [3.8, 4) is 0 Å². The summed E-state index contributed by atoms with van der Waals surface area (Å²) in [4.78, 5) is 2.58. The lowest BCUT2D eigenvalue weighted by Gasteiger charge is -2.42. The molecule has 0 bridgehead atoms. The molecule has 0 radical (unpaired) electrons. The van der Waals surface area contributed by atoms with Gasteiger partial charge in [0.05, 0.1) is 5.60 Å². The Hall–Kier alpha value is -0.900. The van der Waals surface area contributed by atoms with Crippen LogP contribution in [0.1, 0.15) is 43.7 Å². The third kappa shape index (κ3) is 4.14. The van der Waals surface area contributed by atoms with Crippen LogP contribution in [0.4, 0.5) is 0 Å². The summed E-state index contributed by atoms with van der Waals surface area (Å²) in [6.45, 7) is 10.2. The number of aryl methyl sites for hydroxylation is 1. The molecule has 0 aromatic heterocycles. The average molecular weight is 317 g/mol. The van der Waals surface area contributed by atoms with Gasteiger partial charge in [-0.3, -0.25) is 4.90 Å². The Morgan fingerprint density at radius 2 is 1.96 bits per heavy atom. The molecule has 2 aliphatic heterocycles. The zero-order valence-electron chi connectivity index (χ0n) is 14.7. The van der Waals surface area contributed by atoms with Crippen LogP contribution >= 0.6 is 0 Å². The van der Waals surface area contributed by atoms with Crippen LogP contribution in [0.5, 0.6) is 0 Å². The van der Waals surface area contributed by atoms with Crippen molar-refractivity contribution in [2.45, 2.75) is 51.7 Å². The molecule has 0 N–H and O–H groups in total. The molecule has 0 unspecified atom stereocenters. The van der Waals surface area contributed by atoms with Crippen LogP contribution in [0.3, 0.4) is 0 Å². The van der Waals surface area contributed by atoms with E-state index in [1.165, 1.54) is 30.4 Å². The molecular weight excluding hydrogens is 286 g/mol. The van der Waals surface area contributed by atoms with Crippen LogP contribution in [0, 0.1) is 12.8 Å². The van der Waals surface area contributed by atoms with Gasteiger partial charge < -0.3 is 9.47 Å². The number of hydrogen-bond acceptors (Lipinski definition) is 3. The fourth-order valence-electron chi connectivity index (χ4n) is 4.16. The second kappa shape index (κ2) is 7.78. The molecule has 0 amide bonds. The predicted molar refractivity (Wildman–Crippen MR) is 93.6 cm³/mol. The molecule has 0 saturated carbocycles. The van der Waals surface area contributed by atoms with Gasteiger partial charge in [0.1, 0.15) is 0 Å². The fourth-order valence-corrected chi connectivity index (χ4v) is 4.16. The minimum Gasteiger partial charge on any atom is -0.382 e. The predicted octanol–water partition coefficient (Wildman–Crippen LogP) is 3.79. The Kier molecular flexibility index (Phi) is 5.73. The molecule has 23 heavy (non-hydrogen) atoms. The maximum absolute atomic E-state index is 6.26. The van der Waals surface area contributed by atoms with Crippen LogP contribution in [0.15, 0.2) is 24.3 Å². The molecule has 128 valence electrons. The summed E-state index contributed by atoms with van der Waals surface area (Å²) in [5, 5.41) is 0. The molecule has 1 atom stereocenters. The summed E-state index contributed by atoms with van der Waals surface area (Å²) in [7, 11) is 0. The molecule has 2 heterocycles. The van der Waals surface area contributed by atoms with Crippen molar-refractivity contribution in [2.24, 2.45) is 5.92 Å². The zero-order chi connectivity index (χ0) is 16.1. The number of nitrogens with zero attached hydrogens (tertiary/aromatic N) is 1. The molecule has 3 heteroatoms. The highest BCUT2D eigenvalue weighted by molar-refractivity contribution is 5.21. The number of piperidine rings is 1. The molecule has 1 aromatic carbocycles. The minimum atomic E-state index is 0.140. The second-order valence-corrected chi connectivity index (χ2v) is 7.15. The lowest BCUT2D eigenvalue weighted by molar-refractivity contribution is -0.0728. The topological polar surface area (TPSA) is 21.7 Å². The Labute approximate surface area is 141 Å². The van der Waals surface area contributed by atoms with Crippen molar-refractivity contribution >= 4 is 0 Å². The standard InChI is InChI=1S/C20H31NO2/c1-3-22-14-8-19-9-15-23-20(19)10-12-21(13-11-20)16-18-6-4-17(2)5-7-18/h4-7,19H,3,8-16H2,1-2H3/t19-/m1/s1. The number of benzene rings is 1. The minimum absolute atomic E-state index is 0.140. The van der Waals surface area contributed by atoms with E-state index in [-0.39, 0.29) is 5.60 Å². The van der Waals surface area contributed by atoms with Crippen molar-refractivity contribution < 1.29 is 9.47 Å². The van der Waals surface area contributed by atoms with Gasteiger partial charge in [-0.05, 0) is 51.0 Å². The van der Waals surface area contributed by atoms with Crippen LogP contribution in [0.25, 0.3) is 0 Å². The van der Waals surface area contributed by atoms with E-state index in [0.29, 0.717) is 5.92 Å². The van der Waals surface area contributed by atoms with Crippen molar-refractivity contribution in [2.75, 3.05) is 32.9 Å². The zero-order valence-corrected chi connectivity index (χ0v) is 14.7. The fraction of sp³-hybridized carbons (Fsp3) is 0.700. The summed E-state index contributed by atoms with van der Waals surface area (Å²) in [5.74, 6) is 0.690. The molecular formula is C20H31NO2. The van der Waals surface area contributed by atoms with E-state index < -0.39 is 0 Å². The monoisotopic (exact) mass is 317 g/mol. The van der Waals surface area contributed by atoms with Gasteiger partial charge in [0, 0.05) is 39.5 Å². The average Bonchev–Trinajstić information content (AvgIpc) is 2.95. The van der Waals surface area contributed by atoms with E-state index in [1.54, 1.807) is 0 Å². The van der Waals surface area contributed by atoms with E-state index in [1.807, 2.05) is 0 Å². The van der Waals surface area contributed by atoms with Gasteiger partial charge in [0.2, 0.25) is 0 Å². The van der Waals surface area contributed by atoms with Crippen molar-refractivity contribution in [3.63, 3.8) is 0 Å². The largest absolute Gasteiger partial charge is 0.382 e. The van der Waals surface area contributed by atoms with Gasteiger partial charge in [0.25, 0.3) is 0 Å². The van der Waals surface area contributed by atoms with E-state index in [2.05, 4.69) is 43.0 Å². The molecule has 3 nitrogen and oxygen atoms in total. The maximum atomic E-state index is 6.26. The van der Waals surface area contributed by atoms with Gasteiger partial charge in [0.15, 0.2) is 0 Å². The number of rotatable bonds is 6. The lowest BCUT2D eigenvalue weighted by Crippen LogP contribution is -2.47. The summed E-state index contributed by atoms with van der Waals surface area (Å²) >= 11 is 0. The van der Waals surface area contributed by atoms with Gasteiger partial charge in [-0.1, -0.05) is 29.8 Å². The number of likely N-dealkylation sites (tertiary alicyclic amines) is 1. The Morgan fingerprint density at radius 1 is 1.22 bits per heavy atom. The first kappa shape index (κ1) is 16.9. The highest BCUT2D eigenvalue weighted by Gasteiger charge is 2.45. The van der Waals surface area contributed by atoms with E-state index in [0.717, 1.165) is 45.9 Å². The molecule has 2 fully saturated rings. The summed E-state index contributed by atoms with van der Waals surface area (Å²) < 4.78 is 11.8. The van der Waals surface area contributed by atoms with Gasteiger partial charge in [-0.25, -0.2) is 0 Å². The molecule has 2 saturated heterocycles. The second-order valence-electron chi connectivity index (χ2n) is 7.15. The van der Waals surface area contributed by atoms with Crippen LogP contribution < -0.4 is 0 Å². The smallest absolute Gasteiger partial charge is 0.0736 e. The van der Waals surface area contributed by atoms with Gasteiger partial charge in [-0.15, -0.1) is 0 Å². The lowest BCUT2D eigenvalue weighted by atomic mass is 9.78. The third-order valence-corrected chi connectivity index (χ3v) is 5.64. The molecule has 0 aliphatic carbocycles. The Bertz CT molecular complexity index is 477. The number of ether oxygens (including phenoxy) is 2. The SMILES string of the molecule is CCOCC[C@@H]1CCOC12CCN(Cc1ccc(C)cc1)CC2. The normalized spacial score (nSPS) is 24.3. The highest BCUT2D eigenvalue weighted by Crippen LogP contribution is 2.42. The van der Waals surface area contributed by atoms with Crippen molar-refractivity contribution in [1.82, 2.24) is 4.90 Å². The third-order valence-electron chi connectivity index (χ3n) is 5.64. The van der Waals surface area contributed by atoms with Crippen LogP contribution in [-0.4, -0.2) is 43.4 Å². The first-order valence-corrected chi connectivity index (χ1v) is 9.21. The summed E-state index contributed by atoms with van der Waals surface area (Å²) in [5.41, 5.74) is 2.90. The highest BCUT2D eigenvalue weighted by atomic mass is 16.5. The Morgan fingerprint density at radius 3 is 2.65 bits per heavy atom. The summed E-state index contributed by atoms with van der Waals surface area (Å²) in [6.07, 6.45) is 4.72. The quantitative estimate of drug-likeness (QED) is 0.745. The van der Waals surface area contributed by atoms with Gasteiger partial charge >= 0.3 is 0 Å². The molecule has 1 spiro atoms.